The van der Waals surface area contributed by atoms with Crippen LogP contribution in [0.3, 0.4) is 0 Å². The molecule has 3 aliphatic rings. The van der Waals surface area contributed by atoms with Crippen molar-refractivity contribution in [2.24, 2.45) is 17.8 Å². The summed E-state index contributed by atoms with van der Waals surface area (Å²) in [6.07, 6.45) is 6.93. The van der Waals surface area contributed by atoms with Crippen molar-refractivity contribution in [2.45, 2.75) is 63.2 Å². The Kier molecular flexibility index (Phi) is 5.80. The Bertz CT molecular complexity index is 889. The van der Waals surface area contributed by atoms with Crippen LogP contribution in [-0.4, -0.2) is 37.5 Å². The Morgan fingerprint density at radius 2 is 1.69 bits per heavy atom. The highest BCUT2D eigenvalue weighted by molar-refractivity contribution is 7.89. The topological polar surface area (TPSA) is 83.5 Å². The molecule has 4 rings (SSSR count). The monoisotopic (exact) mass is 418 g/mol. The molecule has 0 aromatic heterocycles. The first kappa shape index (κ1) is 20.5. The number of rotatable bonds is 4. The summed E-state index contributed by atoms with van der Waals surface area (Å²) < 4.78 is 27.7. The second-order valence-corrected chi connectivity index (χ2v) is 10.7. The summed E-state index contributed by atoms with van der Waals surface area (Å²) >= 11 is 0. The number of carbonyl (C=O) groups is 2. The molecule has 1 N–H and O–H groups in total. The van der Waals surface area contributed by atoms with Crippen molar-refractivity contribution in [3.05, 3.63) is 23.8 Å². The Labute approximate surface area is 173 Å². The van der Waals surface area contributed by atoms with Crippen molar-refractivity contribution in [2.75, 3.05) is 18.4 Å². The molecule has 2 bridgehead atoms. The molecule has 2 atom stereocenters. The molecule has 2 aliphatic carbocycles. The minimum Gasteiger partial charge on any atom is -0.326 e. The molecule has 2 unspecified atom stereocenters. The van der Waals surface area contributed by atoms with Gasteiger partial charge in [-0.25, -0.2) is 8.42 Å². The van der Waals surface area contributed by atoms with Crippen LogP contribution in [0.2, 0.25) is 0 Å². The lowest BCUT2D eigenvalue weighted by molar-refractivity contribution is -0.136. The van der Waals surface area contributed by atoms with Crippen molar-refractivity contribution in [1.82, 2.24) is 4.31 Å². The van der Waals surface area contributed by atoms with Crippen molar-refractivity contribution in [1.29, 1.82) is 0 Å². The van der Waals surface area contributed by atoms with Gasteiger partial charge in [0, 0.05) is 36.5 Å². The number of hydrogen-bond acceptors (Lipinski definition) is 4. The first-order valence-electron chi connectivity index (χ1n) is 10.8. The van der Waals surface area contributed by atoms with E-state index in [2.05, 4.69) is 5.32 Å². The van der Waals surface area contributed by atoms with Gasteiger partial charge in [0.2, 0.25) is 15.9 Å². The first-order chi connectivity index (χ1) is 13.9. The third-order valence-electron chi connectivity index (χ3n) is 6.81. The van der Waals surface area contributed by atoms with E-state index in [1.54, 1.807) is 29.4 Å². The van der Waals surface area contributed by atoms with Gasteiger partial charge in [0.15, 0.2) is 0 Å². The van der Waals surface area contributed by atoms with E-state index in [0.717, 1.165) is 38.5 Å². The molecule has 0 radical (unpaired) electrons. The zero-order valence-corrected chi connectivity index (χ0v) is 17.8. The van der Waals surface area contributed by atoms with Gasteiger partial charge in [0.25, 0.3) is 0 Å². The molecule has 6 nitrogen and oxygen atoms in total. The van der Waals surface area contributed by atoms with Gasteiger partial charge >= 0.3 is 0 Å². The molecule has 0 spiro atoms. The maximum Gasteiger partial charge on any atom is 0.243 e. The summed E-state index contributed by atoms with van der Waals surface area (Å²) in [5.41, 5.74) is 1.20. The Morgan fingerprint density at radius 3 is 2.34 bits per heavy atom. The van der Waals surface area contributed by atoms with E-state index in [9.17, 15) is 18.0 Å². The first-order valence-corrected chi connectivity index (χ1v) is 12.3. The molecule has 3 fully saturated rings. The number of aryl methyl sites for hydroxylation is 1. The maximum absolute atomic E-state index is 13.1. The van der Waals surface area contributed by atoms with E-state index in [0.29, 0.717) is 43.0 Å². The van der Waals surface area contributed by atoms with Crippen LogP contribution >= 0.6 is 0 Å². The number of fused-ring (bicyclic) bond motifs is 2. The predicted molar refractivity (Wildman–Crippen MR) is 111 cm³/mol. The van der Waals surface area contributed by atoms with Crippen LogP contribution in [0, 0.1) is 24.7 Å². The van der Waals surface area contributed by atoms with Gasteiger partial charge in [-0.15, -0.1) is 0 Å². The molecule has 1 aromatic carbocycles. The fourth-order valence-electron chi connectivity index (χ4n) is 5.14. The van der Waals surface area contributed by atoms with Crippen molar-refractivity contribution in [3.63, 3.8) is 0 Å². The SMILES string of the molecule is Cc1ccc(NC(=O)C2CC3CCCC(C2)C3=O)cc1S(=O)(=O)N1CCCCC1. The molecule has 158 valence electrons. The Balaban J connectivity index is 1.50. The number of nitrogens with zero attached hydrogens (tertiary/aromatic N) is 1. The number of piperidine rings is 1. The number of hydrogen-bond donors (Lipinski definition) is 1. The van der Waals surface area contributed by atoms with Crippen molar-refractivity contribution in [3.8, 4) is 0 Å². The average molecular weight is 419 g/mol. The highest BCUT2D eigenvalue weighted by atomic mass is 32.2. The zero-order valence-electron chi connectivity index (χ0n) is 17.0. The zero-order chi connectivity index (χ0) is 20.6. The van der Waals surface area contributed by atoms with Crippen LogP contribution in [0.1, 0.15) is 56.9 Å². The maximum atomic E-state index is 13.1. The minimum absolute atomic E-state index is 0.0197. The summed E-state index contributed by atoms with van der Waals surface area (Å²) in [5, 5.41) is 2.93. The van der Waals surface area contributed by atoms with E-state index in [1.807, 2.05) is 0 Å². The van der Waals surface area contributed by atoms with Gasteiger partial charge in [-0.2, -0.15) is 4.31 Å². The fourth-order valence-corrected chi connectivity index (χ4v) is 6.91. The molecule has 1 amide bonds. The third kappa shape index (κ3) is 4.12. The van der Waals surface area contributed by atoms with Gasteiger partial charge in [0.05, 0.1) is 4.90 Å². The molecule has 7 heteroatoms. The molecular weight excluding hydrogens is 388 g/mol. The van der Waals surface area contributed by atoms with Crippen LogP contribution in [0.5, 0.6) is 0 Å². The standard InChI is InChI=1S/C22H30N2O4S/c1-15-8-9-19(14-20(15)29(27,28)24-10-3-2-4-11-24)23-22(26)18-12-16-6-5-7-17(13-18)21(16)25/h8-9,14,16-18H,2-7,10-13H2,1H3,(H,23,26). The number of ketones is 1. The third-order valence-corrected chi connectivity index (χ3v) is 8.85. The fraction of sp³-hybridized carbons (Fsp3) is 0.636. The Morgan fingerprint density at radius 1 is 1.03 bits per heavy atom. The lowest BCUT2D eigenvalue weighted by atomic mass is 9.67. The van der Waals surface area contributed by atoms with Crippen LogP contribution < -0.4 is 5.32 Å². The van der Waals surface area contributed by atoms with Crippen LogP contribution in [0.25, 0.3) is 0 Å². The molecule has 1 saturated heterocycles. The molecule has 1 aliphatic heterocycles. The predicted octanol–water partition coefficient (Wildman–Crippen LogP) is 3.50. The van der Waals surface area contributed by atoms with E-state index in [-0.39, 0.29) is 28.6 Å². The normalized spacial score (nSPS) is 28.2. The summed E-state index contributed by atoms with van der Waals surface area (Å²) in [7, 11) is -3.56. The van der Waals surface area contributed by atoms with Crippen LogP contribution in [0.4, 0.5) is 5.69 Å². The second kappa shape index (κ2) is 8.19. The molecular formula is C22H30N2O4S. The molecule has 29 heavy (non-hydrogen) atoms. The highest BCUT2D eigenvalue weighted by Crippen LogP contribution is 2.40. The number of anilines is 1. The van der Waals surface area contributed by atoms with Crippen molar-refractivity contribution < 1.29 is 18.0 Å². The molecule has 1 heterocycles. The van der Waals surface area contributed by atoms with Gasteiger partial charge in [-0.1, -0.05) is 18.9 Å². The average Bonchev–Trinajstić information content (AvgIpc) is 2.69. The van der Waals surface area contributed by atoms with Crippen LogP contribution in [0.15, 0.2) is 23.1 Å². The van der Waals surface area contributed by atoms with Crippen LogP contribution in [-0.2, 0) is 19.6 Å². The summed E-state index contributed by atoms with van der Waals surface area (Å²) in [6.45, 7) is 2.89. The van der Waals surface area contributed by atoms with Gasteiger partial charge in [-0.05, 0) is 63.1 Å². The number of benzene rings is 1. The molecule has 2 saturated carbocycles. The largest absolute Gasteiger partial charge is 0.326 e. The van der Waals surface area contributed by atoms with E-state index in [4.69, 9.17) is 0 Å². The summed E-state index contributed by atoms with van der Waals surface area (Å²) in [5.74, 6) is 0.106. The number of nitrogens with one attached hydrogen (secondary N) is 1. The summed E-state index contributed by atoms with van der Waals surface area (Å²) in [6, 6.07) is 5.11. The van der Waals surface area contributed by atoms with E-state index < -0.39 is 10.0 Å². The highest BCUT2D eigenvalue weighted by Gasteiger charge is 2.41. The minimum atomic E-state index is -3.56. The quantitative estimate of drug-likeness (QED) is 0.811. The van der Waals surface area contributed by atoms with Gasteiger partial charge in [0.1, 0.15) is 5.78 Å². The lowest BCUT2D eigenvalue weighted by Crippen LogP contribution is -2.40. The van der Waals surface area contributed by atoms with Gasteiger partial charge in [-0.3, -0.25) is 9.59 Å². The van der Waals surface area contributed by atoms with E-state index >= 15 is 0 Å². The summed E-state index contributed by atoms with van der Waals surface area (Å²) in [4.78, 5) is 25.4. The number of amides is 1. The molecule has 1 aromatic rings. The number of sulfonamides is 1. The second-order valence-electron chi connectivity index (χ2n) is 8.83. The lowest BCUT2D eigenvalue weighted by Gasteiger charge is -2.37. The Hall–Kier alpha value is -1.73. The number of Topliss-reactive ketones (excluding diaryl/α,β-unsaturated/α-hetero) is 1. The van der Waals surface area contributed by atoms with Gasteiger partial charge < -0.3 is 5.32 Å². The van der Waals surface area contributed by atoms with Crippen molar-refractivity contribution >= 4 is 27.4 Å². The number of carbonyl (C=O) groups excluding carboxylic acids is 2. The smallest absolute Gasteiger partial charge is 0.243 e. The van der Waals surface area contributed by atoms with E-state index in [1.165, 1.54) is 0 Å².